The first-order valence-corrected chi connectivity index (χ1v) is 9.42. The summed E-state index contributed by atoms with van der Waals surface area (Å²) in [4.78, 5) is 18.0. The van der Waals surface area contributed by atoms with Gasteiger partial charge in [0.05, 0.1) is 0 Å². The fraction of sp³-hybridized carbons (Fsp3) is 0.474. The number of nitrogens with one attached hydrogen (secondary N) is 2. The molecule has 25 heavy (non-hydrogen) atoms. The quantitative estimate of drug-likeness (QED) is 0.615. The number of nitrogens with zero attached hydrogens (tertiary/aromatic N) is 2. The summed E-state index contributed by atoms with van der Waals surface area (Å²) in [5, 5.41) is 3.02. The lowest BCUT2D eigenvalue weighted by Crippen LogP contribution is -2.35. The summed E-state index contributed by atoms with van der Waals surface area (Å²) in [6.45, 7) is 6.41. The van der Waals surface area contributed by atoms with Crippen LogP contribution in [0.15, 0.2) is 36.5 Å². The molecule has 0 atom stereocenters. The van der Waals surface area contributed by atoms with E-state index in [1.807, 2.05) is 30.3 Å². The van der Waals surface area contributed by atoms with Gasteiger partial charge in [0.15, 0.2) is 4.77 Å². The number of H-pyrrole nitrogens is 1. The highest BCUT2D eigenvalue weighted by Crippen LogP contribution is 2.16. The van der Waals surface area contributed by atoms with Crippen LogP contribution in [0.5, 0.6) is 0 Å². The zero-order chi connectivity index (χ0) is 17.6. The Morgan fingerprint density at radius 1 is 1.28 bits per heavy atom. The van der Waals surface area contributed by atoms with E-state index in [1.165, 1.54) is 25.9 Å². The molecule has 0 radical (unpaired) electrons. The molecule has 2 N–H and O–H groups in total. The van der Waals surface area contributed by atoms with Crippen molar-refractivity contribution in [3.63, 3.8) is 0 Å². The lowest BCUT2D eigenvalue weighted by molar-refractivity contribution is 0.0943. The molecule has 2 heterocycles. The number of likely N-dealkylation sites (tertiary alicyclic amines) is 1. The lowest BCUT2D eigenvalue weighted by atomic mass is 9.99. The Morgan fingerprint density at radius 3 is 2.72 bits per heavy atom. The third-order valence-electron chi connectivity index (χ3n) is 4.84. The van der Waals surface area contributed by atoms with Crippen molar-refractivity contribution in [3.8, 4) is 5.69 Å². The Kier molecular flexibility index (Phi) is 6.04. The summed E-state index contributed by atoms with van der Waals surface area (Å²) in [7, 11) is 0. The molecule has 1 fully saturated rings. The van der Waals surface area contributed by atoms with E-state index >= 15 is 0 Å². The Bertz CT molecular complexity index is 744. The van der Waals surface area contributed by atoms with Gasteiger partial charge >= 0.3 is 0 Å². The van der Waals surface area contributed by atoms with E-state index in [2.05, 4.69) is 22.1 Å². The third kappa shape index (κ3) is 4.58. The van der Waals surface area contributed by atoms with Crippen molar-refractivity contribution < 1.29 is 4.79 Å². The van der Waals surface area contributed by atoms with E-state index in [0.717, 1.165) is 24.6 Å². The maximum Gasteiger partial charge on any atom is 0.269 e. The van der Waals surface area contributed by atoms with Gasteiger partial charge in [0.1, 0.15) is 5.69 Å². The lowest BCUT2D eigenvalue weighted by Gasteiger charge is -2.30. The SMILES string of the molecule is CC1CCN(CCCNC(=O)c2c[nH]c(=S)n2-c2ccccc2)CC1. The average molecular weight is 359 g/mol. The molecule has 0 aliphatic carbocycles. The van der Waals surface area contributed by atoms with E-state index in [0.29, 0.717) is 17.0 Å². The zero-order valence-electron chi connectivity index (χ0n) is 14.7. The van der Waals surface area contributed by atoms with Crippen molar-refractivity contribution in [3.05, 3.63) is 47.0 Å². The number of amides is 1. The van der Waals surface area contributed by atoms with E-state index in [1.54, 1.807) is 10.8 Å². The molecule has 1 saturated heterocycles. The molecule has 0 spiro atoms. The van der Waals surface area contributed by atoms with Gasteiger partial charge in [-0.25, -0.2) is 0 Å². The van der Waals surface area contributed by atoms with Crippen molar-refractivity contribution in [2.75, 3.05) is 26.2 Å². The van der Waals surface area contributed by atoms with Crippen LogP contribution >= 0.6 is 12.2 Å². The minimum atomic E-state index is -0.0940. The smallest absolute Gasteiger partial charge is 0.269 e. The Hall–Kier alpha value is -1.92. The van der Waals surface area contributed by atoms with Gasteiger partial charge < -0.3 is 15.2 Å². The molecular weight excluding hydrogens is 332 g/mol. The Morgan fingerprint density at radius 2 is 2.00 bits per heavy atom. The van der Waals surface area contributed by atoms with Crippen molar-refractivity contribution in [2.24, 2.45) is 5.92 Å². The van der Waals surface area contributed by atoms with Gasteiger partial charge in [-0.1, -0.05) is 25.1 Å². The summed E-state index contributed by atoms with van der Waals surface area (Å²) in [6.07, 6.45) is 5.22. The third-order valence-corrected chi connectivity index (χ3v) is 5.14. The van der Waals surface area contributed by atoms with E-state index < -0.39 is 0 Å². The molecule has 1 aliphatic heterocycles. The van der Waals surface area contributed by atoms with E-state index in [-0.39, 0.29) is 5.91 Å². The number of aromatic nitrogens is 2. The summed E-state index contributed by atoms with van der Waals surface area (Å²) in [5.74, 6) is 0.758. The molecule has 0 bridgehead atoms. The maximum absolute atomic E-state index is 12.5. The van der Waals surface area contributed by atoms with Crippen LogP contribution in [0.25, 0.3) is 5.69 Å². The van der Waals surface area contributed by atoms with Crippen molar-refractivity contribution in [1.29, 1.82) is 0 Å². The number of hydrogen-bond acceptors (Lipinski definition) is 3. The average Bonchev–Trinajstić information content (AvgIpc) is 3.02. The molecule has 134 valence electrons. The number of carbonyl (C=O) groups excluding carboxylic acids is 1. The number of rotatable bonds is 6. The van der Waals surface area contributed by atoms with Crippen LogP contribution in [0.3, 0.4) is 0 Å². The van der Waals surface area contributed by atoms with E-state index in [9.17, 15) is 4.79 Å². The van der Waals surface area contributed by atoms with Gasteiger partial charge in [0.25, 0.3) is 5.91 Å². The van der Waals surface area contributed by atoms with Gasteiger partial charge in [0, 0.05) is 18.4 Å². The number of hydrogen-bond donors (Lipinski definition) is 2. The molecule has 1 aromatic heterocycles. The molecule has 1 amide bonds. The largest absolute Gasteiger partial charge is 0.351 e. The highest BCUT2D eigenvalue weighted by Gasteiger charge is 2.16. The summed E-state index contributed by atoms with van der Waals surface area (Å²) < 4.78 is 2.30. The normalized spacial score (nSPS) is 16.0. The molecule has 1 aromatic carbocycles. The van der Waals surface area contributed by atoms with Gasteiger partial charge in [0.2, 0.25) is 0 Å². The van der Waals surface area contributed by atoms with Gasteiger partial charge in [-0.2, -0.15) is 0 Å². The maximum atomic E-state index is 12.5. The standard InChI is InChI=1S/C19H26N4OS/c1-15-8-12-22(13-9-15)11-5-10-20-18(24)17-14-21-19(25)23(17)16-6-3-2-4-7-16/h2-4,6-7,14-15H,5,8-13H2,1H3,(H,20,24)(H,21,25). The van der Waals surface area contributed by atoms with Gasteiger partial charge in [-0.3, -0.25) is 9.36 Å². The van der Waals surface area contributed by atoms with Crippen LogP contribution in [0.4, 0.5) is 0 Å². The minimum absolute atomic E-state index is 0.0940. The first-order valence-electron chi connectivity index (χ1n) is 9.01. The Balaban J connectivity index is 1.53. The molecule has 1 aliphatic rings. The molecule has 5 nitrogen and oxygen atoms in total. The Labute approximate surface area is 154 Å². The first-order chi connectivity index (χ1) is 12.1. The second-order valence-electron chi connectivity index (χ2n) is 6.78. The number of piperidine rings is 1. The fourth-order valence-corrected chi connectivity index (χ4v) is 3.51. The molecule has 0 saturated carbocycles. The number of benzene rings is 1. The molecular formula is C19H26N4OS. The minimum Gasteiger partial charge on any atom is -0.351 e. The molecule has 3 rings (SSSR count). The molecule has 2 aromatic rings. The summed E-state index contributed by atoms with van der Waals surface area (Å²) in [5.41, 5.74) is 1.43. The van der Waals surface area contributed by atoms with Gasteiger partial charge in [-0.05, 0) is 69.2 Å². The molecule has 0 unspecified atom stereocenters. The van der Waals surface area contributed by atoms with Crippen LogP contribution in [0, 0.1) is 10.7 Å². The second kappa shape index (κ2) is 8.45. The predicted octanol–water partition coefficient (Wildman–Crippen LogP) is 3.39. The van der Waals surface area contributed by atoms with Gasteiger partial charge in [-0.15, -0.1) is 0 Å². The van der Waals surface area contributed by atoms with E-state index in [4.69, 9.17) is 12.2 Å². The molecule has 6 heteroatoms. The van der Waals surface area contributed by atoms with Crippen LogP contribution in [0.2, 0.25) is 0 Å². The van der Waals surface area contributed by atoms with Crippen LogP contribution in [-0.4, -0.2) is 46.5 Å². The van der Waals surface area contributed by atoms with Crippen molar-refractivity contribution in [1.82, 2.24) is 19.8 Å². The monoisotopic (exact) mass is 358 g/mol. The second-order valence-corrected chi connectivity index (χ2v) is 7.17. The number of carbonyl (C=O) groups is 1. The number of para-hydroxylation sites is 1. The number of aromatic amines is 1. The van der Waals surface area contributed by atoms with Crippen molar-refractivity contribution in [2.45, 2.75) is 26.2 Å². The van der Waals surface area contributed by atoms with Crippen molar-refractivity contribution >= 4 is 18.1 Å². The summed E-state index contributed by atoms with van der Waals surface area (Å²) in [6, 6.07) is 9.70. The van der Waals surface area contributed by atoms with Crippen LogP contribution in [-0.2, 0) is 0 Å². The first kappa shape index (κ1) is 17.9. The topological polar surface area (TPSA) is 53.1 Å². The van der Waals surface area contributed by atoms with Crippen LogP contribution < -0.4 is 5.32 Å². The number of imidazole rings is 1. The predicted molar refractivity (Wildman–Crippen MR) is 103 cm³/mol. The highest BCUT2D eigenvalue weighted by atomic mass is 32.1. The highest BCUT2D eigenvalue weighted by molar-refractivity contribution is 7.71. The van der Waals surface area contributed by atoms with Crippen LogP contribution in [0.1, 0.15) is 36.7 Å². The summed E-state index contributed by atoms with van der Waals surface area (Å²) >= 11 is 5.33. The zero-order valence-corrected chi connectivity index (χ0v) is 15.5. The fourth-order valence-electron chi connectivity index (χ4n) is 3.25.